The minimum absolute atomic E-state index is 0.0123. The molecule has 1 aliphatic heterocycles. The molecule has 2 nitrogen and oxygen atoms in total. The minimum Gasteiger partial charge on any atom is -0.380 e. The molecule has 0 radical (unpaired) electrons. The number of rotatable bonds is 2. The standard InChI is InChI=1S/C12H13BrF3NO/c1-7-11(2-3-18-7)17-10-5-8(12(14,15)16)4-9(13)6-10/h4-7,11,17H,2-3H2,1H3. The molecule has 2 unspecified atom stereocenters. The number of ether oxygens (including phenoxy) is 1. The van der Waals surface area contributed by atoms with Gasteiger partial charge in [-0.25, -0.2) is 0 Å². The third-order valence-corrected chi connectivity index (χ3v) is 3.41. The van der Waals surface area contributed by atoms with Crippen molar-refractivity contribution in [2.24, 2.45) is 0 Å². The molecule has 100 valence electrons. The number of benzene rings is 1. The van der Waals surface area contributed by atoms with Crippen molar-refractivity contribution in [2.75, 3.05) is 11.9 Å². The highest BCUT2D eigenvalue weighted by atomic mass is 79.9. The van der Waals surface area contributed by atoms with E-state index in [-0.39, 0.29) is 12.1 Å². The fraction of sp³-hybridized carbons (Fsp3) is 0.500. The van der Waals surface area contributed by atoms with Crippen LogP contribution < -0.4 is 5.32 Å². The fourth-order valence-electron chi connectivity index (χ4n) is 1.97. The van der Waals surface area contributed by atoms with Crippen molar-refractivity contribution < 1.29 is 17.9 Å². The lowest BCUT2D eigenvalue weighted by atomic mass is 10.1. The van der Waals surface area contributed by atoms with E-state index in [1.807, 2.05) is 6.92 Å². The first kappa shape index (κ1) is 13.7. The van der Waals surface area contributed by atoms with Crippen LogP contribution in [0.5, 0.6) is 0 Å². The topological polar surface area (TPSA) is 21.3 Å². The maximum Gasteiger partial charge on any atom is 0.416 e. The first-order chi connectivity index (χ1) is 8.36. The summed E-state index contributed by atoms with van der Waals surface area (Å²) in [6, 6.07) is 3.89. The zero-order chi connectivity index (χ0) is 13.3. The normalized spacial score (nSPS) is 24.3. The second kappa shape index (κ2) is 5.09. The van der Waals surface area contributed by atoms with Crippen LogP contribution in [-0.2, 0) is 10.9 Å². The SMILES string of the molecule is CC1OCCC1Nc1cc(Br)cc(C(F)(F)F)c1. The molecule has 0 aromatic heterocycles. The van der Waals surface area contributed by atoms with E-state index in [1.54, 1.807) is 6.07 Å². The third kappa shape index (κ3) is 3.17. The zero-order valence-electron chi connectivity index (χ0n) is 9.72. The van der Waals surface area contributed by atoms with Crippen LogP contribution in [0, 0.1) is 0 Å². The molecule has 1 heterocycles. The summed E-state index contributed by atoms with van der Waals surface area (Å²) in [4.78, 5) is 0. The number of halogens is 4. The van der Waals surface area contributed by atoms with Gasteiger partial charge in [-0.3, -0.25) is 0 Å². The van der Waals surface area contributed by atoms with Crippen molar-refractivity contribution in [3.63, 3.8) is 0 Å². The number of alkyl halides is 3. The zero-order valence-corrected chi connectivity index (χ0v) is 11.3. The summed E-state index contributed by atoms with van der Waals surface area (Å²) in [6.07, 6.45) is -3.52. The van der Waals surface area contributed by atoms with Crippen molar-refractivity contribution in [2.45, 2.75) is 31.7 Å². The van der Waals surface area contributed by atoms with Gasteiger partial charge in [0.1, 0.15) is 0 Å². The van der Waals surface area contributed by atoms with Gasteiger partial charge in [-0.05, 0) is 31.5 Å². The fourth-order valence-corrected chi connectivity index (χ4v) is 2.47. The molecule has 1 aromatic carbocycles. The molecule has 1 N–H and O–H groups in total. The highest BCUT2D eigenvalue weighted by molar-refractivity contribution is 9.10. The van der Waals surface area contributed by atoms with Crippen LogP contribution in [0.4, 0.5) is 18.9 Å². The molecule has 1 aliphatic rings. The molecule has 0 spiro atoms. The molecule has 2 rings (SSSR count). The van der Waals surface area contributed by atoms with Gasteiger partial charge in [-0.2, -0.15) is 13.2 Å². The van der Waals surface area contributed by atoms with Crippen LogP contribution in [0.1, 0.15) is 18.9 Å². The Hall–Kier alpha value is -0.750. The Kier molecular flexibility index (Phi) is 3.87. The summed E-state index contributed by atoms with van der Waals surface area (Å²) >= 11 is 3.10. The lowest BCUT2D eigenvalue weighted by Gasteiger charge is -2.18. The summed E-state index contributed by atoms with van der Waals surface area (Å²) < 4.78 is 43.8. The van der Waals surface area contributed by atoms with Gasteiger partial charge in [0.25, 0.3) is 0 Å². The van der Waals surface area contributed by atoms with E-state index in [2.05, 4.69) is 21.2 Å². The second-order valence-electron chi connectivity index (χ2n) is 4.34. The molecule has 1 fully saturated rings. The van der Waals surface area contributed by atoms with Crippen molar-refractivity contribution in [1.29, 1.82) is 0 Å². The minimum atomic E-state index is -4.34. The molecule has 0 bridgehead atoms. The van der Waals surface area contributed by atoms with E-state index in [4.69, 9.17) is 4.74 Å². The Balaban J connectivity index is 2.20. The predicted molar refractivity (Wildman–Crippen MR) is 66.6 cm³/mol. The van der Waals surface area contributed by atoms with Crippen molar-refractivity contribution >= 4 is 21.6 Å². The summed E-state index contributed by atoms with van der Waals surface area (Å²) in [5.74, 6) is 0. The first-order valence-electron chi connectivity index (χ1n) is 5.62. The number of hydrogen-bond donors (Lipinski definition) is 1. The van der Waals surface area contributed by atoms with Gasteiger partial charge in [0, 0.05) is 16.8 Å². The van der Waals surface area contributed by atoms with E-state index in [0.29, 0.717) is 16.8 Å². The molecule has 0 amide bonds. The maximum absolute atomic E-state index is 12.7. The number of nitrogens with one attached hydrogen (secondary N) is 1. The molecular weight excluding hydrogens is 311 g/mol. The van der Waals surface area contributed by atoms with Crippen molar-refractivity contribution in [1.82, 2.24) is 0 Å². The Morgan fingerprint density at radius 3 is 2.61 bits per heavy atom. The van der Waals surface area contributed by atoms with Crippen molar-refractivity contribution in [3.05, 3.63) is 28.2 Å². The van der Waals surface area contributed by atoms with Gasteiger partial charge in [0.15, 0.2) is 0 Å². The summed E-state index contributed by atoms with van der Waals surface area (Å²) in [6.45, 7) is 2.55. The summed E-state index contributed by atoms with van der Waals surface area (Å²) in [5.41, 5.74) is -0.204. The molecule has 2 atom stereocenters. The quantitative estimate of drug-likeness (QED) is 0.886. The van der Waals surface area contributed by atoms with Crippen LogP contribution >= 0.6 is 15.9 Å². The highest BCUT2D eigenvalue weighted by Gasteiger charge is 2.31. The summed E-state index contributed by atoms with van der Waals surface area (Å²) in [7, 11) is 0. The van der Waals surface area contributed by atoms with Crippen LogP contribution in [0.15, 0.2) is 22.7 Å². The smallest absolute Gasteiger partial charge is 0.380 e. The van der Waals surface area contributed by atoms with Gasteiger partial charge in [0.2, 0.25) is 0 Å². The molecular formula is C12H13BrF3NO. The van der Waals surface area contributed by atoms with Gasteiger partial charge >= 0.3 is 6.18 Å². The summed E-state index contributed by atoms with van der Waals surface area (Å²) in [5, 5.41) is 3.09. The monoisotopic (exact) mass is 323 g/mol. The van der Waals surface area contributed by atoms with Gasteiger partial charge in [-0.1, -0.05) is 15.9 Å². The number of anilines is 1. The average molecular weight is 324 g/mol. The van der Waals surface area contributed by atoms with E-state index in [0.717, 1.165) is 18.6 Å². The van der Waals surface area contributed by atoms with Gasteiger partial charge in [-0.15, -0.1) is 0 Å². The Morgan fingerprint density at radius 1 is 1.33 bits per heavy atom. The lowest BCUT2D eigenvalue weighted by molar-refractivity contribution is -0.137. The molecule has 0 saturated carbocycles. The van der Waals surface area contributed by atoms with Crippen LogP contribution in [0.25, 0.3) is 0 Å². The van der Waals surface area contributed by atoms with E-state index < -0.39 is 11.7 Å². The second-order valence-corrected chi connectivity index (χ2v) is 5.26. The van der Waals surface area contributed by atoms with E-state index >= 15 is 0 Å². The van der Waals surface area contributed by atoms with Gasteiger partial charge in [0.05, 0.1) is 17.7 Å². The molecule has 18 heavy (non-hydrogen) atoms. The van der Waals surface area contributed by atoms with Crippen molar-refractivity contribution in [3.8, 4) is 0 Å². The first-order valence-corrected chi connectivity index (χ1v) is 6.41. The Bertz CT molecular complexity index is 436. The number of hydrogen-bond acceptors (Lipinski definition) is 2. The van der Waals surface area contributed by atoms with Crippen LogP contribution in [-0.4, -0.2) is 18.8 Å². The van der Waals surface area contributed by atoms with E-state index in [1.165, 1.54) is 0 Å². The Labute approximate surface area is 112 Å². The highest BCUT2D eigenvalue weighted by Crippen LogP contribution is 2.34. The lowest BCUT2D eigenvalue weighted by Crippen LogP contribution is -2.26. The van der Waals surface area contributed by atoms with E-state index in [9.17, 15) is 13.2 Å². The Morgan fingerprint density at radius 2 is 2.06 bits per heavy atom. The average Bonchev–Trinajstić information content (AvgIpc) is 2.62. The largest absolute Gasteiger partial charge is 0.416 e. The molecule has 6 heteroatoms. The molecule has 1 saturated heterocycles. The van der Waals surface area contributed by atoms with Gasteiger partial charge < -0.3 is 10.1 Å². The van der Waals surface area contributed by atoms with Crippen LogP contribution in [0.2, 0.25) is 0 Å². The molecule has 0 aliphatic carbocycles. The predicted octanol–water partition coefficient (Wildman–Crippen LogP) is 4.06. The third-order valence-electron chi connectivity index (χ3n) is 2.95. The maximum atomic E-state index is 12.7. The van der Waals surface area contributed by atoms with Crippen LogP contribution in [0.3, 0.4) is 0 Å². The molecule has 1 aromatic rings.